The van der Waals surface area contributed by atoms with Crippen LogP contribution in [0.4, 0.5) is 4.39 Å². The van der Waals surface area contributed by atoms with Crippen molar-refractivity contribution < 1.29 is 9.18 Å². The molecule has 1 fully saturated rings. The van der Waals surface area contributed by atoms with Crippen LogP contribution in [0.25, 0.3) is 10.9 Å². The third-order valence-electron chi connectivity index (χ3n) is 5.55. The molecule has 1 atom stereocenters. The molecule has 4 rings (SSSR count). The first-order valence-electron chi connectivity index (χ1n) is 9.84. The number of aromatic nitrogens is 2. The molecule has 3 heterocycles. The Bertz CT molecular complexity index is 956. The molecular weight excluding hydrogens is 355 g/mol. The lowest BCUT2D eigenvalue weighted by Crippen LogP contribution is -2.49. The van der Waals surface area contributed by atoms with Crippen LogP contribution in [-0.4, -0.2) is 51.4 Å². The molecule has 0 aliphatic carbocycles. The van der Waals surface area contributed by atoms with Crippen molar-refractivity contribution in [1.29, 1.82) is 0 Å². The molecular formula is C22H25FN4O. The van der Waals surface area contributed by atoms with Crippen molar-refractivity contribution in [3.8, 4) is 0 Å². The number of piperidine rings is 1. The Morgan fingerprint density at radius 2 is 2.11 bits per heavy atom. The number of likely N-dealkylation sites (N-methyl/N-ethyl adjacent to an activating group) is 1. The summed E-state index contributed by atoms with van der Waals surface area (Å²) >= 11 is 0. The standard InChI is InChI=1S/C22H25FN4O/c1-2-26(14-16-7-9-24-10-8-16)19-4-3-11-27(15-19)22(28)21-13-17-12-18(23)5-6-20(17)25-21/h5-10,12-13,19,25H,2-4,11,14-15H2,1H3/t19-/m0/s1. The fraction of sp³-hybridized carbons (Fsp3) is 0.364. The largest absolute Gasteiger partial charge is 0.351 e. The minimum absolute atomic E-state index is 0.0127. The second-order valence-corrected chi connectivity index (χ2v) is 7.38. The average molecular weight is 380 g/mol. The number of nitrogens with one attached hydrogen (secondary N) is 1. The number of carbonyl (C=O) groups is 1. The molecule has 2 aromatic heterocycles. The van der Waals surface area contributed by atoms with E-state index in [0.717, 1.165) is 43.4 Å². The number of nitrogens with zero attached hydrogens (tertiary/aromatic N) is 3. The SMILES string of the molecule is CCN(Cc1ccncc1)[C@H]1CCCN(C(=O)c2cc3cc(F)ccc3[nH]2)C1. The summed E-state index contributed by atoms with van der Waals surface area (Å²) in [5, 5.41) is 0.727. The zero-order valence-electron chi connectivity index (χ0n) is 16.1. The molecule has 1 saturated heterocycles. The van der Waals surface area contributed by atoms with Gasteiger partial charge in [0.05, 0.1) is 0 Å². The lowest BCUT2D eigenvalue weighted by Gasteiger charge is -2.39. The lowest BCUT2D eigenvalue weighted by atomic mass is 10.0. The predicted molar refractivity (Wildman–Crippen MR) is 108 cm³/mol. The van der Waals surface area contributed by atoms with Crippen LogP contribution in [0.2, 0.25) is 0 Å². The van der Waals surface area contributed by atoms with E-state index in [0.29, 0.717) is 18.3 Å². The Hall–Kier alpha value is -2.73. The number of likely N-dealkylation sites (tertiary alicyclic amines) is 1. The molecule has 6 heteroatoms. The Morgan fingerprint density at radius 1 is 1.29 bits per heavy atom. The highest BCUT2D eigenvalue weighted by atomic mass is 19.1. The third-order valence-corrected chi connectivity index (χ3v) is 5.55. The lowest BCUT2D eigenvalue weighted by molar-refractivity contribution is 0.0565. The first-order chi connectivity index (χ1) is 13.6. The molecule has 1 aliphatic heterocycles. The number of hydrogen-bond acceptors (Lipinski definition) is 3. The molecule has 1 aromatic carbocycles. The van der Waals surface area contributed by atoms with E-state index >= 15 is 0 Å². The summed E-state index contributed by atoms with van der Waals surface area (Å²) in [5.41, 5.74) is 2.54. The molecule has 0 bridgehead atoms. The van der Waals surface area contributed by atoms with E-state index in [1.165, 1.54) is 17.7 Å². The molecule has 1 amide bonds. The minimum atomic E-state index is -0.293. The number of hydrogen-bond donors (Lipinski definition) is 1. The summed E-state index contributed by atoms with van der Waals surface area (Å²) in [5.74, 6) is -0.306. The van der Waals surface area contributed by atoms with Crippen LogP contribution in [-0.2, 0) is 6.54 Å². The number of carbonyl (C=O) groups excluding carboxylic acids is 1. The van der Waals surface area contributed by atoms with Crippen molar-refractivity contribution in [1.82, 2.24) is 19.8 Å². The van der Waals surface area contributed by atoms with Crippen LogP contribution in [0, 0.1) is 5.82 Å². The van der Waals surface area contributed by atoms with Gasteiger partial charge in [0.1, 0.15) is 11.5 Å². The van der Waals surface area contributed by atoms with E-state index in [9.17, 15) is 9.18 Å². The van der Waals surface area contributed by atoms with Crippen molar-refractivity contribution in [2.45, 2.75) is 32.4 Å². The van der Waals surface area contributed by atoms with Crippen LogP contribution in [0.1, 0.15) is 35.8 Å². The van der Waals surface area contributed by atoms with Gasteiger partial charge in [-0.2, -0.15) is 0 Å². The smallest absolute Gasteiger partial charge is 0.270 e. The van der Waals surface area contributed by atoms with E-state index in [1.807, 2.05) is 29.4 Å². The second-order valence-electron chi connectivity index (χ2n) is 7.38. The van der Waals surface area contributed by atoms with Gasteiger partial charge in [-0.1, -0.05) is 6.92 Å². The van der Waals surface area contributed by atoms with E-state index < -0.39 is 0 Å². The number of pyridine rings is 1. The highest BCUT2D eigenvalue weighted by Crippen LogP contribution is 2.22. The molecule has 1 aliphatic rings. The minimum Gasteiger partial charge on any atom is -0.351 e. The number of benzene rings is 1. The highest BCUT2D eigenvalue weighted by molar-refractivity contribution is 5.98. The van der Waals surface area contributed by atoms with E-state index in [4.69, 9.17) is 0 Å². The van der Waals surface area contributed by atoms with E-state index in [-0.39, 0.29) is 11.7 Å². The number of halogens is 1. The molecule has 1 N–H and O–H groups in total. The van der Waals surface area contributed by atoms with Gasteiger partial charge in [-0.3, -0.25) is 14.7 Å². The van der Waals surface area contributed by atoms with Gasteiger partial charge in [-0.15, -0.1) is 0 Å². The number of rotatable bonds is 5. The van der Waals surface area contributed by atoms with Gasteiger partial charge in [0.2, 0.25) is 0 Å². The third kappa shape index (κ3) is 3.92. The van der Waals surface area contributed by atoms with Crippen molar-refractivity contribution in [2.75, 3.05) is 19.6 Å². The van der Waals surface area contributed by atoms with Gasteiger partial charge in [-0.05, 0) is 61.3 Å². The van der Waals surface area contributed by atoms with Crippen LogP contribution in [0.3, 0.4) is 0 Å². The number of amides is 1. The van der Waals surface area contributed by atoms with Crippen molar-refractivity contribution in [3.05, 3.63) is 65.9 Å². The Morgan fingerprint density at radius 3 is 2.89 bits per heavy atom. The zero-order valence-corrected chi connectivity index (χ0v) is 16.1. The topological polar surface area (TPSA) is 52.2 Å². The maximum absolute atomic E-state index is 13.4. The predicted octanol–water partition coefficient (Wildman–Crippen LogP) is 3.83. The maximum atomic E-state index is 13.4. The Balaban J connectivity index is 1.48. The molecule has 3 aromatic rings. The number of aromatic amines is 1. The van der Waals surface area contributed by atoms with Crippen LogP contribution < -0.4 is 0 Å². The molecule has 0 radical (unpaired) electrons. The van der Waals surface area contributed by atoms with Gasteiger partial charge >= 0.3 is 0 Å². The number of H-pyrrole nitrogens is 1. The van der Waals surface area contributed by atoms with Crippen LogP contribution in [0.15, 0.2) is 48.8 Å². The zero-order chi connectivity index (χ0) is 19.5. The summed E-state index contributed by atoms with van der Waals surface area (Å²) in [7, 11) is 0. The van der Waals surface area contributed by atoms with Gasteiger partial charge in [0, 0.05) is 49.0 Å². The summed E-state index contributed by atoms with van der Waals surface area (Å²) in [6.45, 7) is 5.42. The highest BCUT2D eigenvalue weighted by Gasteiger charge is 2.28. The van der Waals surface area contributed by atoms with Crippen LogP contribution in [0.5, 0.6) is 0 Å². The number of fused-ring (bicyclic) bond motifs is 1. The van der Waals surface area contributed by atoms with Crippen molar-refractivity contribution >= 4 is 16.8 Å². The molecule has 5 nitrogen and oxygen atoms in total. The van der Waals surface area contributed by atoms with Gasteiger partial charge in [0.15, 0.2) is 0 Å². The average Bonchev–Trinajstić information content (AvgIpc) is 3.15. The summed E-state index contributed by atoms with van der Waals surface area (Å²) < 4.78 is 13.4. The first kappa shape index (κ1) is 18.6. The maximum Gasteiger partial charge on any atom is 0.270 e. The van der Waals surface area contributed by atoms with Crippen LogP contribution >= 0.6 is 0 Å². The van der Waals surface area contributed by atoms with Gasteiger partial charge < -0.3 is 9.88 Å². The summed E-state index contributed by atoms with van der Waals surface area (Å²) in [6.07, 6.45) is 5.70. The van der Waals surface area contributed by atoms with Gasteiger partial charge in [-0.25, -0.2) is 4.39 Å². The van der Waals surface area contributed by atoms with Crippen molar-refractivity contribution in [2.24, 2.45) is 0 Å². The quantitative estimate of drug-likeness (QED) is 0.732. The summed E-state index contributed by atoms with van der Waals surface area (Å²) in [6, 6.07) is 10.7. The molecule has 0 spiro atoms. The van der Waals surface area contributed by atoms with Crippen molar-refractivity contribution in [3.63, 3.8) is 0 Å². The molecule has 28 heavy (non-hydrogen) atoms. The Labute approximate surface area is 164 Å². The van der Waals surface area contributed by atoms with E-state index in [2.05, 4.69) is 21.8 Å². The van der Waals surface area contributed by atoms with E-state index in [1.54, 1.807) is 12.1 Å². The fourth-order valence-electron chi connectivity index (χ4n) is 4.05. The Kier molecular flexibility index (Phi) is 5.39. The fourth-order valence-corrected chi connectivity index (χ4v) is 4.05. The molecule has 146 valence electrons. The normalized spacial score (nSPS) is 17.4. The summed E-state index contributed by atoms with van der Waals surface area (Å²) in [4.78, 5) is 24.6. The second kappa shape index (κ2) is 8.10. The monoisotopic (exact) mass is 380 g/mol. The molecule has 0 saturated carbocycles. The first-order valence-corrected chi connectivity index (χ1v) is 9.84. The molecule has 0 unspecified atom stereocenters. The van der Waals surface area contributed by atoms with Gasteiger partial charge in [0.25, 0.3) is 5.91 Å².